The first-order valence-corrected chi connectivity index (χ1v) is 2.70. The van der Waals surface area contributed by atoms with Crippen molar-refractivity contribution in [1.82, 2.24) is 9.97 Å². The van der Waals surface area contributed by atoms with Gasteiger partial charge in [0.2, 0.25) is 0 Å². The molecule has 0 saturated carbocycles. The maximum Gasteiger partial charge on any atom is 0.115 e. The molecule has 10 heavy (non-hydrogen) atoms. The van der Waals surface area contributed by atoms with Crippen LogP contribution in [0.15, 0.2) is 12.5 Å². The Morgan fingerprint density at radius 3 is 2.80 bits per heavy atom. The highest BCUT2D eigenvalue weighted by molar-refractivity contribution is 5.86. The van der Waals surface area contributed by atoms with Crippen LogP contribution in [0.1, 0.15) is 16.1 Å². The van der Waals surface area contributed by atoms with E-state index in [1.54, 1.807) is 6.92 Å². The molecular weight excluding hydrogens is 132 g/mol. The van der Waals surface area contributed by atoms with Crippen molar-refractivity contribution in [2.75, 3.05) is 0 Å². The third-order valence-corrected chi connectivity index (χ3v) is 1.13. The maximum absolute atomic E-state index is 10.2. The van der Waals surface area contributed by atoms with Gasteiger partial charge >= 0.3 is 0 Å². The average Bonchev–Trinajstić information content (AvgIpc) is 1.88. The van der Waals surface area contributed by atoms with Gasteiger partial charge in [-0.3, -0.25) is 0 Å². The fraction of sp³-hybridized carbons (Fsp3) is 0.167. The molecule has 0 aliphatic rings. The van der Waals surface area contributed by atoms with E-state index in [2.05, 4.69) is 9.97 Å². The molecule has 4 nitrogen and oxygen atoms in total. The van der Waals surface area contributed by atoms with Crippen molar-refractivity contribution in [2.24, 2.45) is 0 Å². The van der Waals surface area contributed by atoms with Gasteiger partial charge in [-0.2, -0.15) is 0 Å². The van der Waals surface area contributed by atoms with E-state index in [1.165, 1.54) is 12.5 Å². The van der Waals surface area contributed by atoms with Crippen LogP contribution in [0.5, 0.6) is 0 Å². The Kier molecular flexibility index (Phi) is 1.62. The van der Waals surface area contributed by atoms with Crippen LogP contribution in [0.2, 0.25) is 0 Å². The van der Waals surface area contributed by atoms with Crippen molar-refractivity contribution in [3.05, 3.63) is 23.8 Å². The second-order valence-corrected chi connectivity index (χ2v) is 1.81. The van der Waals surface area contributed by atoms with E-state index >= 15 is 0 Å². The second kappa shape index (κ2) is 2.43. The molecule has 0 aliphatic carbocycles. The minimum Gasteiger partial charge on any atom is -0.545 e. The molecule has 0 fully saturated rings. The van der Waals surface area contributed by atoms with Crippen LogP contribution in [0, 0.1) is 6.92 Å². The number of carbonyl (C=O) groups is 1. The summed E-state index contributed by atoms with van der Waals surface area (Å²) >= 11 is 0. The Morgan fingerprint density at radius 1 is 1.70 bits per heavy atom. The number of carboxylic acid groups (broad SMARTS) is 1. The number of rotatable bonds is 1. The first-order chi connectivity index (χ1) is 4.72. The van der Waals surface area contributed by atoms with Crippen molar-refractivity contribution in [1.29, 1.82) is 0 Å². The summed E-state index contributed by atoms with van der Waals surface area (Å²) in [7, 11) is 0. The predicted octanol–water partition coefficient (Wildman–Crippen LogP) is -0.851. The zero-order chi connectivity index (χ0) is 7.56. The topological polar surface area (TPSA) is 65.9 Å². The monoisotopic (exact) mass is 137 g/mol. The van der Waals surface area contributed by atoms with Gasteiger partial charge in [-0.1, -0.05) is 0 Å². The van der Waals surface area contributed by atoms with Gasteiger partial charge in [0.15, 0.2) is 0 Å². The Hall–Kier alpha value is -1.45. The summed E-state index contributed by atoms with van der Waals surface area (Å²) < 4.78 is 0. The smallest absolute Gasteiger partial charge is 0.115 e. The number of nitrogens with zero attached hydrogens (tertiary/aromatic N) is 2. The molecule has 0 radical (unpaired) electrons. The SMILES string of the molecule is Cc1ncncc1C(=O)[O-]. The Balaban J connectivity index is 3.15. The predicted molar refractivity (Wildman–Crippen MR) is 31.1 cm³/mol. The summed E-state index contributed by atoms with van der Waals surface area (Å²) in [4.78, 5) is 17.4. The van der Waals surface area contributed by atoms with E-state index < -0.39 is 5.97 Å². The van der Waals surface area contributed by atoms with Gasteiger partial charge < -0.3 is 9.90 Å². The zero-order valence-electron chi connectivity index (χ0n) is 5.37. The molecule has 1 heterocycles. The molecular formula is C6H5N2O2-. The van der Waals surface area contributed by atoms with E-state index in [1.807, 2.05) is 0 Å². The Labute approximate surface area is 57.6 Å². The van der Waals surface area contributed by atoms with Crippen LogP contribution in [-0.2, 0) is 0 Å². The van der Waals surface area contributed by atoms with E-state index in [4.69, 9.17) is 0 Å². The van der Waals surface area contributed by atoms with Crippen molar-refractivity contribution in [3.63, 3.8) is 0 Å². The lowest BCUT2D eigenvalue weighted by atomic mass is 10.2. The van der Waals surface area contributed by atoms with E-state index in [-0.39, 0.29) is 5.56 Å². The first-order valence-electron chi connectivity index (χ1n) is 2.70. The first kappa shape index (κ1) is 6.67. The molecule has 4 heteroatoms. The summed E-state index contributed by atoms with van der Waals surface area (Å²) in [6.45, 7) is 1.59. The largest absolute Gasteiger partial charge is 0.545 e. The molecule has 1 aromatic rings. The number of aromatic nitrogens is 2. The van der Waals surface area contributed by atoms with Gasteiger partial charge in [0.25, 0.3) is 0 Å². The molecule has 0 unspecified atom stereocenters. The fourth-order valence-corrected chi connectivity index (χ4v) is 0.591. The minimum absolute atomic E-state index is 0.0440. The van der Waals surface area contributed by atoms with E-state index in [0.29, 0.717) is 5.69 Å². The van der Waals surface area contributed by atoms with Gasteiger partial charge in [-0.25, -0.2) is 9.97 Å². The lowest BCUT2D eigenvalue weighted by Crippen LogP contribution is -2.23. The number of hydrogen-bond acceptors (Lipinski definition) is 4. The maximum atomic E-state index is 10.2. The number of hydrogen-bond donors (Lipinski definition) is 0. The molecule has 0 N–H and O–H groups in total. The van der Waals surface area contributed by atoms with Crippen LogP contribution in [0.25, 0.3) is 0 Å². The quantitative estimate of drug-likeness (QED) is 0.505. The lowest BCUT2D eigenvalue weighted by molar-refractivity contribution is -0.255. The molecule has 0 spiro atoms. The average molecular weight is 137 g/mol. The summed E-state index contributed by atoms with van der Waals surface area (Å²) in [5, 5.41) is 10.2. The van der Waals surface area contributed by atoms with Gasteiger partial charge in [-0.15, -0.1) is 0 Å². The van der Waals surface area contributed by atoms with Crippen LogP contribution < -0.4 is 5.11 Å². The normalized spacial score (nSPS) is 9.30. The van der Waals surface area contributed by atoms with E-state index in [0.717, 1.165) is 0 Å². The standard InChI is InChI=1S/C6H6N2O2/c1-4-5(6(9)10)2-7-3-8-4/h2-3H,1H3,(H,9,10)/p-1. The number of carboxylic acids is 1. The van der Waals surface area contributed by atoms with Gasteiger partial charge in [0, 0.05) is 17.5 Å². The number of aromatic carboxylic acids is 1. The summed E-state index contributed by atoms with van der Waals surface area (Å²) in [5.74, 6) is -1.24. The Morgan fingerprint density at radius 2 is 2.40 bits per heavy atom. The van der Waals surface area contributed by atoms with Gasteiger partial charge in [0.1, 0.15) is 6.33 Å². The highest BCUT2D eigenvalue weighted by atomic mass is 16.4. The minimum atomic E-state index is -1.24. The Bertz CT molecular complexity index is 260. The summed E-state index contributed by atoms with van der Waals surface area (Å²) in [5.41, 5.74) is 0.470. The van der Waals surface area contributed by atoms with Crippen molar-refractivity contribution >= 4 is 5.97 Å². The van der Waals surface area contributed by atoms with Crippen molar-refractivity contribution in [3.8, 4) is 0 Å². The van der Waals surface area contributed by atoms with E-state index in [9.17, 15) is 9.90 Å². The molecule has 0 aromatic carbocycles. The van der Waals surface area contributed by atoms with Gasteiger partial charge in [-0.05, 0) is 6.92 Å². The molecule has 0 atom stereocenters. The second-order valence-electron chi connectivity index (χ2n) is 1.81. The van der Waals surface area contributed by atoms with Crippen LogP contribution in [0.3, 0.4) is 0 Å². The summed E-state index contributed by atoms with van der Waals surface area (Å²) in [6.07, 6.45) is 2.51. The van der Waals surface area contributed by atoms with Crippen LogP contribution in [-0.4, -0.2) is 15.9 Å². The number of carbonyl (C=O) groups excluding carboxylic acids is 1. The molecule has 1 rings (SSSR count). The molecule has 0 amide bonds. The molecule has 52 valence electrons. The van der Waals surface area contributed by atoms with Crippen molar-refractivity contribution in [2.45, 2.75) is 6.92 Å². The molecule has 1 aromatic heterocycles. The highest BCUT2D eigenvalue weighted by Gasteiger charge is 1.96. The van der Waals surface area contributed by atoms with Crippen molar-refractivity contribution < 1.29 is 9.90 Å². The number of aryl methyl sites for hydroxylation is 1. The summed E-state index contributed by atoms with van der Waals surface area (Å²) in [6, 6.07) is 0. The lowest BCUT2D eigenvalue weighted by Gasteiger charge is -2.02. The zero-order valence-corrected chi connectivity index (χ0v) is 5.37. The molecule has 0 aliphatic heterocycles. The third-order valence-electron chi connectivity index (χ3n) is 1.13. The third kappa shape index (κ3) is 1.10. The van der Waals surface area contributed by atoms with Crippen LogP contribution >= 0.6 is 0 Å². The fourth-order valence-electron chi connectivity index (χ4n) is 0.591. The highest BCUT2D eigenvalue weighted by Crippen LogP contribution is 1.97. The van der Waals surface area contributed by atoms with Gasteiger partial charge in [0.05, 0.1) is 5.97 Å². The molecule has 0 bridgehead atoms. The van der Waals surface area contributed by atoms with Crippen LogP contribution in [0.4, 0.5) is 0 Å². The molecule has 0 saturated heterocycles.